The summed E-state index contributed by atoms with van der Waals surface area (Å²) < 4.78 is 50.6. The second-order valence-corrected chi connectivity index (χ2v) is 10.4. The quantitative estimate of drug-likeness (QED) is 0.118. The number of nitrogens with zero attached hydrogens (tertiary/aromatic N) is 2. The van der Waals surface area contributed by atoms with Crippen LogP contribution >= 0.6 is 56.5 Å². The minimum absolute atomic E-state index is 0.0617. The van der Waals surface area contributed by atoms with Crippen LogP contribution in [0, 0.1) is 7.14 Å². The second-order valence-electron chi connectivity index (χ2n) is 7.22. The van der Waals surface area contributed by atoms with Gasteiger partial charge in [0.05, 0.1) is 37.6 Å². The number of thiazole rings is 1. The van der Waals surface area contributed by atoms with E-state index in [1.165, 1.54) is 29.7 Å². The van der Waals surface area contributed by atoms with Crippen LogP contribution in [0.4, 0.5) is 24.0 Å². The van der Waals surface area contributed by atoms with Gasteiger partial charge in [0.15, 0.2) is 11.7 Å². The summed E-state index contributed by atoms with van der Waals surface area (Å²) in [5, 5.41) is 8.78. The molecule has 2 aromatic carbocycles. The van der Waals surface area contributed by atoms with Crippen molar-refractivity contribution in [2.75, 3.05) is 18.5 Å². The number of carbonyl (C=O) groups is 2. The van der Waals surface area contributed by atoms with Crippen LogP contribution in [0.15, 0.2) is 46.9 Å². The Bertz CT molecular complexity index is 1280. The number of rotatable bonds is 10. The lowest BCUT2D eigenvalue weighted by Gasteiger charge is -2.10. The summed E-state index contributed by atoms with van der Waals surface area (Å²) >= 11 is 5.32. The molecule has 0 unspecified atom stereocenters. The Kier molecular flexibility index (Phi) is 10.5. The van der Waals surface area contributed by atoms with Crippen LogP contribution in [0.5, 0.6) is 5.75 Å². The lowest BCUT2D eigenvalue weighted by molar-refractivity contribution is -0.145. The number of alkyl halides is 3. The van der Waals surface area contributed by atoms with Crippen LogP contribution in [0.3, 0.4) is 0 Å². The minimum Gasteiger partial charge on any atom is -0.480 e. The van der Waals surface area contributed by atoms with Crippen molar-refractivity contribution < 1.29 is 32.2 Å². The predicted octanol–water partition coefficient (Wildman–Crippen LogP) is 5.75. The topological polar surface area (TPSA) is 102 Å². The molecule has 196 valence electrons. The lowest BCUT2D eigenvalue weighted by atomic mass is 10.2. The molecule has 0 saturated heterocycles. The zero-order valence-corrected chi connectivity index (χ0v) is 24.2. The second kappa shape index (κ2) is 13.4. The highest BCUT2D eigenvalue weighted by Crippen LogP contribution is 2.32. The highest BCUT2D eigenvalue weighted by molar-refractivity contribution is 14.1. The number of halogens is 5. The monoisotopic (exact) mass is 758 g/mol. The predicted molar refractivity (Wildman–Crippen MR) is 150 cm³/mol. The summed E-state index contributed by atoms with van der Waals surface area (Å²) in [6.07, 6.45) is -3.03. The molecule has 8 nitrogen and oxygen atoms in total. The van der Waals surface area contributed by atoms with Crippen LogP contribution < -0.4 is 15.5 Å². The van der Waals surface area contributed by atoms with Crippen LogP contribution in [-0.2, 0) is 26.9 Å². The molecular formula is C23H19F3I2N4O4S. The molecule has 14 heteroatoms. The first-order valence-corrected chi connectivity index (χ1v) is 13.6. The number of amides is 1. The number of carbonyl (C=O) groups excluding carboxylic acids is 2. The number of benzene rings is 2. The molecule has 0 radical (unpaired) electrons. The molecule has 37 heavy (non-hydrogen) atoms. The lowest BCUT2D eigenvalue weighted by Crippen LogP contribution is -2.20. The van der Waals surface area contributed by atoms with Gasteiger partial charge in [0, 0.05) is 11.1 Å². The summed E-state index contributed by atoms with van der Waals surface area (Å²) in [6, 6.07) is 8.34. The molecule has 1 amide bonds. The summed E-state index contributed by atoms with van der Waals surface area (Å²) in [7, 11) is 0. The number of nitrogens with one attached hydrogen (secondary N) is 2. The highest BCUT2D eigenvalue weighted by Gasteiger charge is 2.30. The number of anilines is 2. The van der Waals surface area contributed by atoms with Crippen molar-refractivity contribution >= 4 is 85.4 Å². The standard InChI is InChI=1S/C23H19F3I2N4O4S/c1-2-35-20(34)11-36-21-17(27)6-13(7-18(21)28)10-29-32-19(33)9-16-12-37-22(31-16)30-15-5-3-4-14(8-15)23(24,25)26/h3-8,10,12H,2,9,11H2,1H3,(H,30,31)(H,32,33)/b29-10-. The van der Waals surface area contributed by atoms with Gasteiger partial charge in [-0.1, -0.05) is 6.07 Å². The largest absolute Gasteiger partial charge is 0.480 e. The fraction of sp³-hybridized carbons (Fsp3) is 0.217. The molecule has 1 heterocycles. The number of hydrogen-bond acceptors (Lipinski definition) is 8. The molecule has 0 fully saturated rings. The van der Waals surface area contributed by atoms with Crippen molar-refractivity contribution in [3.63, 3.8) is 0 Å². The molecule has 3 aromatic rings. The van der Waals surface area contributed by atoms with E-state index < -0.39 is 23.6 Å². The van der Waals surface area contributed by atoms with Crippen molar-refractivity contribution in [3.8, 4) is 5.75 Å². The molecule has 0 saturated carbocycles. The van der Waals surface area contributed by atoms with Crippen molar-refractivity contribution in [2.24, 2.45) is 5.10 Å². The fourth-order valence-corrected chi connectivity index (χ4v) is 5.71. The Morgan fingerprint density at radius 2 is 1.92 bits per heavy atom. The average molecular weight is 758 g/mol. The molecular weight excluding hydrogens is 739 g/mol. The van der Waals surface area contributed by atoms with Crippen LogP contribution in [0.25, 0.3) is 0 Å². The van der Waals surface area contributed by atoms with Crippen LogP contribution in [0.1, 0.15) is 23.7 Å². The van der Waals surface area contributed by atoms with E-state index in [1.807, 2.05) is 0 Å². The molecule has 0 aliphatic carbocycles. The maximum absolute atomic E-state index is 12.9. The van der Waals surface area contributed by atoms with Crippen molar-refractivity contribution in [3.05, 3.63) is 65.7 Å². The summed E-state index contributed by atoms with van der Waals surface area (Å²) in [6.45, 7) is 1.79. The van der Waals surface area contributed by atoms with E-state index in [-0.39, 0.29) is 25.3 Å². The molecule has 0 atom stereocenters. The average Bonchev–Trinajstić information content (AvgIpc) is 3.24. The van der Waals surface area contributed by atoms with E-state index in [4.69, 9.17) is 9.47 Å². The number of hydrogen-bond donors (Lipinski definition) is 2. The summed E-state index contributed by atoms with van der Waals surface area (Å²) in [4.78, 5) is 28.0. The Balaban J connectivity index is 1.53. The van der Waals surface area contributed by atoms with Crippen molar-refractivity contribution in [2.45, 2.75) is 19.5 Å². The minimum atomic E-state index is -4.44. The molecule has 3 rings (SSSR count). The maximum atomic E-state index is 12.9. The first-order valence-electron chi connectivity index (χ1n) is 10.5. The first kappa shape index (κ1) is 29.1. The van der Waals surface area contributed by atoms with Crippen LogP contribution in [0.2, 0.25) is 0 Å². The van der Waals surface area contributed by atoms with Gasteiger partial charge in [0.25, 0.3) is 0 Å². The summed E-state index contributed by atoms with van der Waals surface area (Å²) in [5.41, 5.74) is 3.05. The number of aromatic nitrogens is 1. The van der Waals surface area contributed by atoms with Gasteiger partial charge >= 0.3 is 12.1 Å². The van der Waals surface area contributed by atoms with E-state index in [1.54, 1.807) is 24.4 Å². The van der Waals surface area contributed by atoms with Gasteiger partial charge in [0.1, 0.15) is 5.75 Å². The van der Waals surface area contributed by atoms with E-state index >= 15 is 0 Å². The highest BCUT2D eigenvalue weighted by atomic mass is 127. The molecule has 1 aromatic heterocycles. The Morgan fingerprint density at radius 1 is 1.19 bits per heavy atom. The SMILES string of the molecule is CCOC(=O)COc1c(I)cc(/C=N\NC(=O)Cc2csc(Nc3cccc(C(F)(F)F)c3)n2)cc1I. The fourth-order valence-electron chi connectivity index (χ4n) is 2.85. The summed E-state index contributed by atoms with van der Waals surface area (Å²) in [5.74, 6) is -0.319. The molecule has 0 aliphatic rings. The Labute approximate surface area is 241 Å². The Morgan fingerprint density at radius 3 is 2.59 bits per heavy atom. The zero-order valence-electron chi connectivity index (χ0n) is 19.1. The van der Waals surface area contributed by atoms with Gasteiger partial charge in [-0.3, -0.25) is 4.79 Å². The van der Waals surface area contributed by atoms with Gasteiger partial charge < -0.3 is 14.8 Å². The zero-order chi connectivity index (χ0) is 27.0. The maximum Gasteiger partial charge on any atom is 0.416 e. The van der Waals surface area contributed by atoms with Gasteiger partial charge in [-0.2, -0.15) is 18.3 Å². The smallest absolute Gasteiger partial charge is 0.416 e. The molecule has 0 bridgehead atoms. The first-order chi connectivity index (χ1) is 17.5. The van der Waals surface area contributed by atoms with Crippen molar-refractivity contribution in [1.82, 2.24) is 10.4 Å². The van der Waals surface area contributed by atoms with Gasteiger partial charge in [-0.25, -0.2) is 15.2 Å². The van der Waals surface area contributed by atoms with E-state index in [2.05, 4.69) is 66.0 Å². The Hall–Kier alpha value is -2.47. The molecule has 0 aliphatic heterocycles. The third kappa shape index (κ3) is 9.10. The van der Waals surface area contributed by atoms with E-state index in [0.29, 0.717) is 22.1 Å². The third-order valence-corrected chi connectivity index (χ3v) is 6.81. The van der Waals surface area contributed by atoms with Gasteiger partial charge in [-0.15, -0.1) is 11.3 Å². The number of esters is 1. The van der Waals surface area contributed by atoms with E-state index in [9.17, 15) is 22.8 Å². The number of hydrazone groups is 1. The van der Waals surface area contributed by atoms with Gasteiger partial charge in [-0.05, 0) is 88.0 Å². The third-order valence-electron chi connectivity index (χ3n) is 4.40. The molecule has 2 N–H and O–H groups in total. The van der Waals surface area contributed by atoms with Gasteiger partial charge in [0.2, 0.25) is 5.91 Å². The van der Waals surface area contributed by atoms with Crippen molar-refractivity contribution in [1.29, 1.82) is 0 Å². The van der Waals surface area contributed by atoms with Crippen LogP contribution in [-0.4, -0.2) is 36.3 Å². The normalized spacial score (nSPS) is 11.4. The molecule has 0 spiro atoms. The van der Waals surface area contributed by atoms with E-state index in [0.717, 1.165) is 19.3 Å². The number of ether oxygens (including phenoxy) is 2.